The standard InChI is InChI=1S/C8H8F2N2O5S/c9-1-2-17-8-6(10)3-5(12(13)14)4-7(8)18(11,15)16/h3-4H,1-2H2,(H2,11,15,16). The van der Waals surface area contributed by atoms with Crippen LogP contribution in [0.4, 0.5) is 14.5 Å². The van der Waals surface area contributed by atoms with Crippen LogP contribution in [0.25, 0.3) is 0 Å². The van der Waals surface area contributed by atoms with Gasteiger partial charge in [-0.3, -0.25) is 10.1 Å². The predicted molar refractivity (Wildman–Crippen MR) is 55.9 cm³/mol. The topological polar surface area (TPSA) is 113 Å². The minimum absolute atomic E-state index is 0.461. The number of halogens is 2. The molecule has 0 aliphatic carbocycles. The van der Waals surface area contributed by atoms with Gasteiger partial charge in [0.2, 0.25) is 10.0 Å². The smallest absolute Gasteiger partial charge is 0.274 e. The number of nitro groups is 1. The number of rotatable bonds is 5. The second-order valence-corrected chi connectivity index (χ2v) is 4.62. The number of sulfonamides is 1. The number of ether oxygens (including phenoxy) is 1. The Labute approximate surface area is 100 Å². The summed E-state index contributed by atoms with van der Waals surface area (Å²) in [6.45, 7) is -1.59. The molecule has 0 saturated carbocycles. The van der Waals surface area contributed by atoms with Crippen LogP contribution in [0.2, 0.25) is 0 Å². The molecular weight excluding hydrogens is 274 g/mol. The van der Waals surface area contributed by atoms with Crippen molar-refractivity contribution in [1.82, 2.24) is 0 Å². The van der Waals surface area contributed by atoms with Crippen molar-refractivity contribution in [2.75, 3.05) is 13.3 Å². The fraction of sp³-hybridized carbons (Fsp3) is 0.250. The minimum atomic E-state index is -4.43. The molecular formula is C8H8F2N2O5S. The van der Waals surface area contributed by atoms with Crippen LogP contribution in [0, 0.1) is 15.9 Å². The Morgan fingerprint density at radius 2 is 2.06 bits per heavy atom. The Bertz CT molecular complexity index is 575. The van der Waals surface area contributed by atoms with Crippen LogP contribution in [-0.2, 0) is 10.0 Å². The van der Waals surface area contributed by atoms with Crippen molar-refractivity contribution in [2.24, 2.45) is 5.14 Å². The normalized spacial score (nSPS) is 11.3. The van der Waals surface area contributed by atoms with Gasteiger partial charge in [0.25, 0.3) is 5.69 Å². The van der Waals surface area contributed by atoms with Crippen LogP contribution in [0.3, 0.4) is 0 Å². The highest BCUT2D eigenvalue weighted by Crippen LogP contribution is 2.31. The van der Waals surface area contributed by atoms with Crippen LogP contribution in [0.1, 0.15) is 0 Å². The summed E-state index contributed by atoms with van der Waals surface area (Å²) in [5.41, 5.74) is -0.802. The molecule has 1 aromatic rings. The van der Waals surface area contributed by atoms with Crippen molar-refractivity contribution < 1.29 is 26.9 Å². The highest BCUT2D eigenvalue weighted by atomic mass is 32.2. The first kappa shape index (κ1) is 14.3. The molecule has 100 valence electrons. The van der Waals surface area contributed by atoms with Crippen molar-refractivity contribution in [3.05, 3.63) is 28.1 Å². The molecule has 1 rings (SSSR count). The van der Waals surface area contributed by atoms with Gasteiger partial charge in [-0.25, -0.2) is 22.3 Å². The van der Waals surface area contributed by atoms with E-state index in [-0.39, 0.29) is 0 Å². The number of primary sulfonamides is 1. The van der Waals surface area contributed by atoms with Crippen molar-refractivity contribution >= 4 is 15.7 Å². The van der Waals surface area contributed by atoms with Crippen LogP contribution in [0.5, 0.6) is 5.75 Å². The van der Waals surface area contributed by atoms with Gasteiger partial charge >= 0.3 is 0 Å². The average molecular weight is 282 g/mol. The minimum Gasteiger partial charge on any atom is -0.486 e. The SMILES string of the molecule is NS(=O)(=O)c1cc([N+](=O)[O-])cc(F)c1OCCF. The lowest BCUT2D eigenvalue weighted by Crippen LogP contribution is -2.16. The number of nitro benzene ring substituents is 1. The van der Waals surface area contributed by atoms with Crippen LogP contribution in [0.15, 0.2) is 17.0 Å². The van der Waals surface area contributed by atoms with Gasteiger partial charge in [0, 0.05) is 6.07 Å². The molecule has 0 heterocycles. The number of nitrogens with two attached hydrogens (primary N) is 1. The van der Waals surface area contributed by atoms with Gasteiger partial charge in [0.15, 0.2) is 11.6 Å². The summed E-state index contributed by atoms with van der Waals surface area (Å²) >= 11 is 0. The van der Waals surface area contributed by atoms with Gasteiger partial charge in [-0.1, -0.05) is 0 Å². The first-order valence-electron chi connectivity index (χ1n) is 4.47. The van der Waals surface area contributed by atoms with Crippen molar-refractivity contribution in [2.45, 2.75) is 4.90 Å². The van der Waals surface area contributed by atoms with E-state index in [0.717, 1.165) is 0 Å². The van der Waals surface area contributed by atoms with E-state index in [2.05, 4.69) is 4.74 Å². The highest BCUT2D eigenvalue weighted by Gasteiger charge is 2.24. The molecule has 0 aliphatic heterocycles. The van der Waals surface area contributed by atoms with E-state index in [1.807, 2.05) is 0 Å². The first-order valence-corrected chi connectivity index (χ1v) is 6.01. The zero-order chi connectivity index (χ0) is 13.9. The third-order valence-electron chi connectivity index (χ3n) is 1.84. The second-order valence-electron chi connectivity index (χ2n) is 3.09. The van der Waals surface area contributed by atoms with E-state index in [0.29, 0.717) is 12.1 Å². The number of alkyl halides is 1. The molecule has 0 amide bonds. The zero-order valence-corrected chi connectivity index (χ0v) is 9.62. The molecule has 0 radical (unpaired) electrons. The summed E-state index contributed by atoms with van der Waals surface area (Å²) in [4.78, 5) is 8.57. The molecule has 0 fully saturated rings. The summed E-state index contributed by atoms with van der Waals surface area (Å²) in [6.07, 6.45) is 0. The predicted octanol–water partition coefficient (Wildman–Crippen LogP) is 0.730. The quantitative estimate of drug-likeness (QED) is 0.631. The molecule has 0 atom stereocenters. The molecule has 0 saturated heterocycles. The third kappa shape index (κ3) is 3.11. The molecule has 1 aromatic carbocycles. The zero-order valence-electron chi connectivity index (χ0n) is 8.80. The molecule has 0 spiro atoms. The second kappa shape index (κ2) is 5.23. The number of hydrogen-bond acceptors (Lipinski definition) is 5. The Kier molecular flexibility index (Phi) is 4.14. The Hall–Kier alpha value is -1.81. The van der Waals surface area contributed by atoms with Crippen molar-refractivity contribution in [3.8, 4) is 5.75 Å². The number of non-ortho nitro benzene ring substituents is 1. The molecule has 18 heavy (non-hydrogen) atoms. The number of hydrogen-bond donors (Lipinski definition) is 1. The maximum atomic E-state index is 13.5. The molecule has 0 bridgehead atoms. The highest BCUT2D eigenvalue weighted by molar-refractivity contribution is 7.89. The van der Waals surface area contributed by atoms with E-state index in [1.165, 1.54) is 0 Å². The molecule has 2 N–H and O–H groups in total. The lowest BCUT2D eigenvalue weighted by atomic mass is 10.3. The average Bonchev–Trinajstić information content (AvgIpc) is 2.25. The van der Waals surface area contributed by atoms with Crippen LogP contribution in [-0.4, -0.2) is 26.6 Å². The van der Waals surface area contributed by atoms with Crippen molar-refractivity contribution in [1.29, 1.82) is 0 Å². The molecule has 0 unspecified atom stereocenters. The third-order valence-corrected chi connectivity index (χ3v) is 2.75. The maximum Gasteiger partial charge on any atom is 0.274 e. The number of nitrogens with zero attached hydrogens (tertiary/aromatic N) is 1. The summed E-state index contributed by atoms with van der Waals surface area (Å²) in [5.74, 6) is -2.14. The van der Waals surface area contributed by atoms with Gasteiger partial charge in [-0.15, -0.1) is 0 Å². The van der Waals surface area contributed by atoms with Gasteiger partial charge in [-0.05, 0) is 0 Å². The lowest BCUT2D eigenvalue weighted by Gasteiger charge is -2.09. The monoisotopic (exact) mass is 282 g/mol. The van der Waals surface area contributed by atoms with Gasteiger partial charge in [-0.2, -0.15) is 0 Å². The van der Waals surface area contributed by atoms with Crippen LogP contribution >= 0.6 is 0 Å². The van der Waals surface area contributed by atoms with Crippen molar-refractivity contribution in [3.63, 3.8) is 0 Å². The molecule has 7 nitrogen and oxygen atoms in total. The Morgan fingerprint density at radius 1 is 1.44 bits per heavy atom. The molecule has 0 aliphatic rings. The Balaban J connectivity index is 3.45. The maximum absolute atomic E-state index is 13.5. The van der Waals surface area contributed by atoms with E-state index >= 15 is 0 Å². The fourth-order valence-corrected chi connectivity index (χ4v) is 1.85. The fourth-order valence-electron chi connectivity index (χ4n) is 1.15. The van der Waals surface area contributed by atoms with Gasteiger partial charge < -0.3 is 4.74 Å². The lowest BCUT2D eigenvalue weighted by molar-refractivity contribution is -0.385. The summed E-state index contributed by atoms with van der Waals surface area (Å²) < 4.78 is 52.2. The molecule has 0 aromatic heterocycles. The van der Waals surface area contributed by atoms with E-state index in [9.17, 15) is 27.3 Å². The summed E-state index contributed by atoms with van der Waals surface area (Å²) in [6, 6.07) is 1.01. The summed E-state index contributed by atoms with van der Waals surface area (Å²) in [5, 5.41) is 15.2. The van der Waals surface area contributed by atoms with Gasteiger partial charge in [0.05, 0.1) is 11.0 Å². The van der Waals surface area contributed by atoms with E-state index < -0.39 is 50.4 Å². The number of benzene rings is 1. The van der Waals surface area contributed by atoms with E-state index in [1.54, 1.807) is 0 Å². The van der Waals surface area contributed by atoms with Gasteiger partial charge in [0.1, 0.15) is 18.2 Å². The largest absolute Gasteiger partial charge is 0.486 e. The van der Waals surface area contributed by atoms with Crippen LogP contribution < -0.4 is 9.88 Å². The summed E-state index contributed by atoms with van der Waals surface area (Å²) in [7, 11) is -4.43. The Morgan fingerprint density at radius 3 is 2.50 bits per heavy atom. The van der Waals surface area contributed by atoms with E-state index in [4.69, 9.17) is 5.14 Å². The molecule has 10 heteroatoms. The first-order chi connectivity index (χ1) is 8.27.